The molecule has 0 aromatic carbocycles. The van der Waals surface area contributed by atoms with Crippen molar-refractivity contribution in [1.29, 1.82) is 0 Å². The molecule has 2 saturated heterocycles. The van der Waals surface area contributed by atoms with E-state index in [0.717, 1.165) is 0 Å². The van der Waals surface area contributed by atoms with Gasteiger partial charge < -0.3 is 9.47 Å². The van der Waals surface area contributed by atoms with Crippen molar-refractivity contribution < 1.29 is 32.4 Å². The molecule has 0 saturated carbocycles. The Hall–Kier alpha value is -1.78. The van der Waals surface area contributed by atoms with Crippen LogP contribution in [0.4, 0.5) is 0 Å². The second-order valence-electron chi connectivity index (χ2n) is 7.01. The number of rotatable bonds is 7. The highest BCUT2D eigenvalue weighted by molar-refractivity contribution is 7.48. The summed E-state index contributed by atoms with van der Waals surface area (Å²) >= 11 is 0. The molecule has 12 heteroatoms. The van der Waals surface area contributed by atoms with E-state index in [-0.39, 0.29) is 32.2 Å². The monoisotopic (exact) mass is 432 g/mol. The van der Waals surface area contributed by atoms with Crippen molar-refractivity contribution in [2.75, 3.05) is 19.8 Å². The Kier molecular flexibility index (Phi) is 6.75. The molecule has 0 spiro atoms. The summed E-state index contributed by atoms with van der Waals surface area (Å²) in [6.07, 6.45) is 0.147. The minimum atomic E-state index is -3.81. The van der Waals surface area contributed by atoms with Crippen molar-refractivity contribution >= 4 is 13.8 Å². The minimum Gasteiger partial charge on any atom is -0.466 e. The lowest BCUT2D eigenvalue weighted by Crippen LogP contribution is -2.34. The van der Waals surface area contributed by atoms with Gasteiger partial charge in [-0.15, -0.1) is 0 Å². The number of phosphoric ester groups is 1. The van der Waals surface area contributed by atoms with Gasteiger partial charge >= 0.3 is 19.5 Å². The summed E-state index contributed by atoms with van der Waals surface area (Å²) in [5.74, 6) is -0.762. The van der Waals surface area contributed by atoms with Crippen molar-refractivity contribution in [3.63, 3.8) is 0 Å². The van der Waals surface area contributed by atoms with Gasteiger partial charge in [-0.2, -0.15) is 0 Å². The van der Waals surface area contributed by atoms with E-state index in [4.69, 9.17) is 23.0 Å². The molecular formula is C17H25N2O9P. The molecule has 5 atom stereocenters. The highest BCUT2D eigenvalue weighted by Gasteiger charge is 2.48. The number of H-pyrrole nitrogens is 1. The zero-order valence-corrected chi connectivity index (χ0v) is 17.4. The maximum atomic E-state index is 12.7. The lowest BCUT2D eigenvalue weighted by atomic mass is 10.1. The predicted octanol–water partition coefficient (Wildman–Crippen LogP) is 1.26. The molecule has 2 aliphatic heterocycles. The summed E-state index contributed by atoms with van der Waals surface area (Å²) in [4.78, 5) is 37.4. The van der Waals surface area contributed by atoms with Crippen molar-refractivity contribution in [1.82, 2.24) is 9.55 Å². The molecule has 1 unspecified atom stereocenters. The van der Waals surface area contributed by atoms with E-state index in [0.29, 0.717) is 12.0 Å². The first-order valence-electron chi connectivity index (χ1n) is 9.44. The fourth-order valence-electron chi connectivity index (χ4n) is 3.10. The number of aryl methyl sites for hydroxylation is 1. The number of nitrogens with one attached hydrogen (secondary N) is 1. The van der Waals surface area contributed by atoms with Gasteiger partial charge in [-0.25, -0.2) is 9.36 Å². The van der Waals surface area contributed by atoms with Gasteiger partial charge in [-0.3, -0.25) is 32.7 Å². The fourth-order valence-corrected chi connectivity index (χ4v) is 4.51. The summed E-state index contributed by atoms with van der Waals surface area (Å²) in [6, 6.07) is 0. The third-order valence-corrected chi connectivity index (χ3v) is 6.28. The van der Waals surface area contributed by atoms with Gasteiger partial charge in [0.1, 0.15) is 18.4 Å². The molecule has 1 aromatic heterocycles. The maximum absolute atomic E-state index is 12.7. The maximum Gasteiger partial charge on any atom is 0.475 e. The molecule has 11 nitrogen and oxygen atoms in total. The molecule has 3 heterocycles. The Morgan fingerprint density at radius 3 is 2.90 bits per heavy atom. The molecule has 3 rings (SSSR count). The van der Waals surface area contributed by atoms with E-state index >= 15 is 0 Å². The predicted molar refractivity (Wildman–Crippen MR) is 99.4 cm³/mol. The first-order valence-corrected chi connectivity index (χ1v) is 10.9. The molecule has 29 heavy (non-hydrogen) atoms. The first-order chi connectivity index (χ1) is 13.7. The van der Waals surface area contributed by atoms with E-state index < -0.39 is 43.4 Å². The van der Waals surface area contributed by atoms with E-state index in [2.05, 4.69) is 4.98 Å². The Morgan fingerprint density at radius 2 is 2.17 bits per heavy atom. The van der Waals surface area contributed by atoms with Crippen molar-refractivity contribution in [3.05, 3.63) is 32.6 Å². The van der Waals surface area contributed by atoms with Crippen LogP contribution in [0.2, 0.25) is 0 Å². The van der Waals surface area contributed by atoms with E-state index in [1.54, 1.807) is 20.8 Å². The molecule has 162 valence electrons. The molecule has 0 radical (unpaired) electrons. The molecular weight excluding hydrogens is 407 g/mol. The van der Waals surface area contributed by atoms with Gasteiger partial charge in [0.15, 0.2) is 0 Å². The zero-order chi connectivity index (χ0) is 21.2. The second-order valence-corrected chi connectivity index (χ2v) is 8.63. The van der Waals surface area contributed by atoms with Crippen molar-refractivity contribution in [2.24, 2.45) is 5.92 Å². The smallest absolute Gasteiger partial charge is 0.466 e. The topological polar surface area (TPSA) is 135 Å². The van der Waals surface area contributed by atoms with Crippen LogP contribution in [0.1, 0.15) is 38.5 Å². The van der Waals surface area contributed by atoms with Crippen molar-refractivity contribution in [2.45, 2.75) is 52.0 Å². The fraction of sp³-hybridized carbons (Fsp3) is 0.706. The Bertz CT molecular complexity index is 911. The SMILES string of the molecule is CCOC(=O)[C@@H](C)CCO[P@@]1(=O)OCC2O[C@H](n3cc(C)c(=O)[nH]c3=O)C[C@H]2O1. The number of aromatic amines is 1. The number of fused-ring (bicyclic) bond motifs is 1. The molecule has 1 aromatic rings. The van der Waals surface area contributed by atoms with Crippen LogP contribution >= 0.6 is 7.82 Å². The number of hydrogen-bond donors (Lipinski definition) is 1. The summed E-state index contributed by atoms with van der Waals surface area (Å²) in [5, 5.41) is 0. The number of carbonyl (C=O) groups is 1. The van der Waals surface area contributed by atoms with Gasteiger partial charge in [0.2, 0.25) is 0 Å². The summed E-state index contributed by atoms with van der Waals surface area (Å²) in [6.45, 7) is 5.25. The molecule has 0 amide bonds. The van der Waals surface area contributed by atoms with Gasteiger partial charge in [-0.05, 0) is 20.3 Å². The van der Waals surface area contributed by atoms with E-state index in [1.165, 1.54) is 10.8 Å². The van der Waals surface area contributed by atoms with Gasteiger partial charge in [-0.1, -0.05) is 6.92 Å². The van der Waals surface area contributed by atoms with Crippen LogP contribution in [0, 0.1) is 12.8 Å². The van der Waals surface area contributed by atoms with Gasteiger partial charge in [0.05, 0.1) is 25.7 Å². The number of ether oxygens (including phenoxy) is 2. The van der Waals surface area contributed by atoms with Crippen LogP contribution in [0.5, 0.6) is 0 Å². The molecule has 2 aliphatic rings. The lowest BCUT2D eigenvalue weighted by molar-refractivity contribution is -0.147. The number of esters is 1. The normalized spacial score (nSPS) is 30.0. The van der Waals surface area contributed by atoms with Gasteiger partial charge in [0, 0.05) is 18.2 Å². The zero-order valence-electron chi connectivity index (χ0n) is 16.5. The van der Waals surface area contributed by atoms with E-state index in [9.17, 15) is 18.9 Å². The van der Waals surface area contributed by atoms with Crippen LogP contribution in [0.15, 0.2) is 15.8 Å². The quantitative estimate of drug-likeness (QED) is 0.499. The van der Waals surface area contributed by atoms with Crippen LogP contribution in [-0.2, 0) is 32.4 Å². The second kappa shape index (κ2) is 8.93. The summed E-state index contributed by atoms with van der Waals surface area (Å²) < 4.78 is 40.7. The Labute approximate surface area is 166 Å². The van der Waals surface area contributed by atoms with Crippen LogP contribution < -0.4 is 11.2 Å². The molecule has 0 aliphatic carbocycles. The summed E-state index contributed by atoms with van der Waals surface area (Å²) in [7, 11) is -3.81. The number of phosphoric acid groups is 1. The minimum absolute atomic E-state index is 0.00247. The molecule has 0 bridgehead atoms. The average molecular weight is 432 g/mol. The average Bonchev–Trinajstić information content (AvgIpc) is 3.07. The Morgan fingerprint density at radius 1 is 1.41 bits per heavy atom. The Balaban J connectivity index is 1.58. The molecule has 2 fully saturated rings. The van der Waals surface area contributed by atoms with Crippen LogP contribution in [-0.4, -0.2) is 47.5 Å². The third-order valence-electron chi connectivity index (χ3n) is 4.79. The van der Waals surface area contributed by atoms with Crippen LogP contribution in [0.3, 0.4) is 0 Å². The van der Waals surface area contributed by atoms with Gasteiger partial charge in [0.25, 0.3) is 5.56 Å². The van der Waals surface area contributed by atoms with Crippen molar-refractivity contribution in [3.8, 4) is 0 Å². The largest absolute Gasteiger partial charge is 0.475 e. The highest BCUT2D eigenvalue weighted by atomic mass is 31.2. The standard InChI is InChI=1S/C17H25N2O9P/c1-4-24-16(21)10(2)5-6-25-29(23)26-9-13-12(28-29)7-14(27-13)19-8-11(3)15(20)18-17(19)22/h8,10,12-14H,4-7,9H2,1-3H3,(H,18,20,22)/t10-,12+,13?,14-,29-/m0/s1. The van der Waals surface area contributed by atoms with E-state index in [1.807, 2.05) is 0 Å². The lowest BCUT2D eigenvalue weighted by Gasteiger charge is -2.29. The third kappa shape index (κ3) is 5.04. The van der Waals surface area contributed by atoms with Crippen LogP contribution in [0.25, 0.3) is 0 Å². The highest BCUT2D eigenvalue weighted by Crippen LogP contribution is 2.56. The number of aromatic nitrogens is 2. The molecule has 1 N–H and O–H groups in total. The summed E-state index contributed by atoms with van der Waals surface area (Å²) in [5.41, 5.74) is -0.696. The number of carbonyl (C=O) groups excluding carboxylic acids is 1. The number of nitrogens with zero attached hydrogens (tertiary/aromatic N) is 1. The number of hydrogen-bond acceptors (Lipinski definition) is 9. The first kappa shape index (κ1) is 21.9.